The van der Waals surface area contributed by atoms with Crippen molar-refractivity contribution < 1.29 is 0 Å². The average Bonchev–Trinajstić information content (AvgIpc) is 2.52. The molecule has 100 valence electrons. The minimum absolute atomic E-state index is 0.392. The number of halogens is 1. The van der Waals surface area contributed by atoms with E-state index < -0.39 is 7.92 Å². The average molecular weight is 343 g/mol. The Morgan fingerprint density at radius 3 is 1.70 bits per heavy atom. The molecule has 2 aromatic rings. The van der Waals surface area contributed by atoms with Gasteiger partial charge in [0.2, 0.25) is 0 Å². The van der Waals surface area contributed by atoms with E-state index in [2.05, 4.69) is 88.7 Å². The smallest absolute Gasteiger partial charge is 0.00459 e. The number of rotatable bonds is 3. The summed E-state index contributed by atoms with van der Waals surface area (Å²) in [5.74, 6) is 0. The molecule has 0 fully saturated rings. The molecule has 3 rings (SSSR count). The Kier molecular flexibility index (Phi) is 4.50. The van der Waals surface area contributed by atoms with Gasteiger partial charge in [0, 0.05) is 0 Å². The van der Waals surface area contributed by atoms with Crippen molar-refractivity contribution in [2.24, 2.45) is 0 Å². The summed E-state index contributed by atoms with van der Waals surface area (Å²) in [5, 5.41) is 4.43. The molecule has 0 nitrogen and oxygen atoms in total. The third-order valence-corrected chi connectivity index (χ3v) is 6.63. The van der Waals surface area contributed by atoms with E-state index in [1.165, 1.54) is 15.1 Å². The maximum Gasteiger partial charge on any atom is -0.00459 e. The first-order valence-electron chi connectivity index (χ1n) is 6.80. The molecule has 0 unspecified atom stereocenters. The predicted octanol–water partition coefficient (Wildman–Crippen LogP) is 5.08. The summed E-state index contributed by atoms with van der Waals surface area (Å²) in [6, 6.07) is 21.8. The molecule has 0 aliphatic heterocycles. The summed E-state index contributed by atoms with van der Waals surface area (Å²) in [4.78, 5) is 0. The van der Waals surface area contributed by atoms with Crippen molar-refractivity contribution >= 4 is 34.5 Å². The third kappa shape index (κ3) is 3.11. The summed E-state index contributed by atoms with van der Waals surface area (Å²) in [6.07, 6.45) is 6.77. The topological polar surface area (TPSA) is 0 Å². The fourth-order valence-electron chi connectivity index (χ4n) is 2.42. The lowest BCUT2D eigenvalue weighted by molar-refractivity contribution is 1.01. The largest absolute Gasteiger partial charge is 0.0622 e. The second-order valence-corrected chi connectivity index (χ2v) is 8.07. The van der Waals surface area contributed by atoms with E-state index in [1.54, 1.807) is 5.31 Å². The van der Waals surface area contributed by atoms with Gasteiger partial charge in [0.25, 0.3) is 0 Å². The van der Waals surface area contributed by atoms with Crippen LogP contribution in [-0.4, -0.2) is 0 Å². The second-order valence-electron chi connectivity index (χ2n) is 4.78. The maximum absolute atomic E-state index is 3.60. The van der Waals surface area contributed by atoms with Crippen LogP contribution in [0.15, 0.2) is 82.6 Å². The van der Waals surface area contributed by atoms with Gasteiger partial charge < -0.3 is 0 Å². The zero-order chi connectivity index (χ0) is 13.8. The fraction of sp³-hybridized carbons (Fsp3) is 0.111. The Morgan fingerprint density at radius 2 is 1.25 bits per heavy atom. The van der Waals surface area contributed by atoms with Gasteiger partial charge in [-0.1, -0.05) is 88.7 Å². The number of benzene rings is 2. The number of hydrogen-bond donors (Lipinski definition) is 0. The van der Waals surface area contributed by atoms with Crippen LogP contribution in [0.3, 0.4) is 0 Å². The van der Waals surface area contributed by atoms with Crippen LogP contribution in [0, 0.1) is 0 Å². The molecule has 2 aromatic carbocycles. The van der Waals surface area contributed by atoms with E-state index in [4.69, 9.17) is 0 Å². The Hall–Kier alpha value is -1.17. The van der Waals surface area contributed by atoms with Crippen molar-refractivity contribution in [1.29, 1.82) is 0 Å². The summed E-state index contributed by atoms with van der Waals surface area (Å²) in [6.45, 7) is 0. The van der Waals surface area contributed by atoms with Crippen LogP contribution in [0.5, 0.6) is 0 Å². The highest BCUT2D eigenvalue weighted by atomic mass is 79.9. The van der Waals surface area contributed by atoms with Crippen molar-refractivity contribution in [3.05, 3.63) is 82.6 Å². The number of allylic oxidation sites excluding steroid dienone is 4. The maximum atomic E-state index is 3.60. The fourth-order valence-corrected chi connectivity index (χ4v) is 5.21. The van der Waals surface area contributed by atoms with Crippen molar-refractivity contribution in [3.8, 4) is 0 Å². The molecule has 0 N–H and O–H groups in total. The van der Waals surface area contributed by atoms with Crippen LogP contribution in [0.25, 0.3) is 0 Å². The molecule has 20 heavy (non-hydrogen) atoms. The van der Waals surface area contributed by atoms with Crippen LogP contribution < -0.4 is 10.6 Å². The highest BCUT2D eigenvalue weighted by Crippen LogP contribution is 2.47. The van der Waals surface area contributed by atoms with Crippen molar-refractivity contribution in [2.75, 3.05) is 0 Å². The Balaban J connectivity index is 2.05. The number of hydrogen-bond acceptors (Lipinski definition) is 0. The Morgan fingerprint density at radius 1 is 0.700 bits per heavy atom. The Bertz CT molecular complexity index is 589. The molecule has 0 saturated heterocycles. The van der Waals surface area contributed by atoms with Crippen molar-refractivity contribution in [2.45, 2.75) is 12.8 Å². The lowest BCUT2D eigenvalue weighted by atomic mass is 10.2. The lowest BCUT2D eigenvalue weighted by Crippen LogP contribution is -2.13. The van der Waals surface area contributed by atoms with E-state index in [9.17, 15) is 0 Å². The van der Waals surface area contributed by atoms with Gasteiger partial charge in [-0.15, -0.1) is 0 Å². The summed E-state index contributed by atoms with van der Waals surface area (Å²) >= 11 is 3.60. The lowest BCUT2D eigenvalue weighted by Gasteiger charge is -2.23. The van der Waals surface area contributed by atoms with Gasteiger partial charge in [0.05, 0.1) is 0 Å². The van der Waals surface area contributed by atoms with Gasteiger partial charge in [-0.25, -0.2) is 0 Å². The highest BCUT2D eigenvalue weighted by molar-refractivity contribution is 9.11. The van der Waals surface area contributed by atoms with Gasteiger partial charge in [0.1, 0.15) is 0 Å². The van der Waals surface area contributed by atoms with Crippen LogP contribution in [0.1, 0.15) is 12.8 Å². The van der Waals surface area contributed by atoms with Crippen molar-refractivity contribution in [1.82, 2.24) is 0 Å². The van der Waals surface area contributed by atoms with Gasteiger partial charge in [0.15, 0.2) is 0 Å². The predicted molar refractivity (Wildman–Crippen MR) is 93.4 cm³/mol. The van der Waals surface area contributed by atoms with E-state index >= 15 is 0 Å². The first-order chi connectivity index (χ1) is 9.84. The standard InChI is InChI=1S/C18H16BrP/c19-15-11-13-18(14-12-15)20(16-7-3-1-4-8-16)17-9-5-2-6-10-17/h1-11,13H,12,14H2. The molecular formula is C18H16BrP. The molecule has 0 spiro atoms. The quantitative estimate of drug-likeness (QED) is 0.682. The zero-order valence-corrected chi connectivity index (χ0v) is 13.6. The zero-order valence-electron chi connectivity index (χ0n) is 11.2. The van der Waals surface area contributed by atoms with Gasteiger partial charge in [-0.3, -0.25) is 0 Å². The van der Waals surface area contributed by atoms with Crippen LogP contribution in [0.4, 0.5) is 0 Å². The molecule has 0 atom stereocenters. The van der Waals surface area contributed by atoms with Crippen LogP contribution in [-0.2, 0) is 0 Å². The van der Waals surface area contributed by atoms with Crippen LogP contribution >= 0.6 is 23.9 Å². The first kappa shape index (κ1) is 13.8. The Labute approximate surface area is 130 Å². The molecule has 1 aliphatic carbocycles. The van der Waals surface area contributed by atoms with Crippen LogP contribution in [0.2, 0.25) is 0 Å². The molecule has 0 aromatic heterocycles. The minimum Gasteiger partial charge on any atom is -0.0622 e. The molecular weight excluding hydrogens is 327 g/mol. The molecule has 0 heterocycles. The summed E-state index contributed by atoms with van der Waals surface area (Å²) in [7, 11) is -0.392. The molecule has 0 bridgehead atoms. The highest BCUT2D eigenvalue weighted by Gasteiger charge is 2.19. The monoisotopic (exact) mass is 342 g/mol. The molecule has 0 saturated carbocycles. The first-order valence-corrected chi connectivity index (χ1v) is 8.93. The minimum atomic E-state index is -0.392. The van der Waals surface area contributed by atoms with E-state index in [1.807, 2.05) is 0 Å². The third-order valence-electron chi connectivity index (χ3n) is 3.39. The van der Waals surface area contributed by atoms with Gasteiger partial charge in [-0.05, 0) is 41.2 Å². The summed E-state index contributed by atoms with van der Waals surface area (Å²) in [5.41, 5.74) is 0. The van der Waals surface area contributed by atoms with Gasteiger partial charge in [-0.2, -0.15) is 0 Å². The SMILES string of the molecule is BrC1=CC=C(P(c2ccccc2)c2ccccc2)CC1. The second kappa shape index (κ2) is 6.52. The molecule has 2 heteroatoms. The van der Waals surface area contributed by atoms with Crippen molar-refractivity contribution in [3.63, 3.8) is 0 Å². The van der Waals surface area contributed by atoms with E-state index in [-0.39, 0.29) is 0 Å². The van der Waals surface area contributed by atoms with Gasteiger partial charge >= 0.3 is 0 Å². The summed E-state index contributed by atoms with van der Waals surface area (Å²) < 4.78 is 1.30. The molecule has 1 aliphatic rings. The molecule has 0 radical (unpaired) electrons. The van der Waals surface area contributed by atoms with E-state index in [0.29, 0.717) is 0 Å². The normalized spacial score (nSPS) is 14.9. The molecule has 0 amide bonds. The van der Waals surface area contributed by atoms with E-state index in [0.717, 1.165) is 12.8 Å².